The Labute approximate surface area is 383 Å². The van der Waals surface area contributed by atoms with E-state index in [2.05, 4.69) is 57.0 Å². The van der Waals surface area contributed by atoms with E-state index in [9.17, 15) is 19.2 Å². The number of aromatic nitrogens is 6. The standard InChI is InChI=1S/C43H60N14O4S.Cu/c1-2-56-41(59)33-10-5-9-32-36(14-13-34(39(32)33)42(56)60)57-28-31(50-52-57)26-54-21-7-16-44-18-23-53(20-6-15-45-19-24-54)25-30-27-55(51-49-30)22-8-17-46-38(58)12-4-3-11-37-40-35(29-62-37)47-43(61)48-40;/h5,9-10,13-14,27-28,35,37,40,44-45H,2-4,6-8,11-12,15-26,29H2,1H3,(H,46,58)(H2,47,48,61);/t35-,37-,40-;/m0./s1. The Bertz CT molecular complexity index is 2160. The molecule has 4 aliphatic heterocycles. The molecule has 0 aliphatic carbocycles. The van der Waals surface area contributed by atoms with Gasteiger partial charge in [0.05, 0.1) is 35.4 Å². The monoisotopic (exact) mass is 931 g/mol. The number of unbranched alkanes of at least 4 members (excludes halogenated alkanes) is 1. The van der Waals surface area contributed by atoms with Gasteiger partial charge in [0, 0.05) is 121 Å². The number of hydrogen-bond acceptors (Lipinski definition) is 13. The molecule has 0 saturated carbocycles. The number of benzene rings is 2. The summed E-state index contributed by atoms with van der Waals surface area (Å²) in [7, 11) is 0. The molecule has 6 heterocycles. The molecule has 4 aliphatic rings. The van der Waals surface area contributed by atoms with E-state index in [0.717, 1.165) is 126 Å². The van der Waals surface area contributed by atoms with Crippen molar-refractivity contribution in [3.63, 3.8) is 0 Å². The van der Waals surface area contributed by atoms with Crippen LogP contribution in [0.3, 0.4) is 0 Å². The first-order chi connectivity index (χ1) is 30.3. The average Bonchev–Trinajstić information content (AvgIpc) is 4.08. The first-order valence-corrected chi connectivity index (χ1v) is 23.4. The minimum atomic E-state index is -0.265. The number of imide groups is 1. The van der Waals surface area contributed by atoms with Gasteiger partial charge >= 0.3 is 6.03 Å². The van der Waals surface area contributed by atoms with Gasteiger partial charge in [-0.05, 0) is 83.4 Å². The van der Waals surface area contributed by atoms with Crippen molar-refractivity contribution < 1.29 is 36.2 Å². The normalized spacial score (nSPS) is 21.4. The van der Waals surface area contributed by atoms with Crippen LogP contribution in [0.4, 0.5) is 4.79 Å². The molecule has 4 aromatic rings. The molecule has 2 aromatic carbocycles. The van der Waals surface area contributed by atoms with Crippen LogP contribution in [-0.2, 0) is 41.5 Å². The predicted molar refractivity (Wildman–Crippen MR) is 237 cm³/mol. The van der Waals surface area contributed by atoms with E-state index in [1.165, 1.54) is 4.90 Å². The minimum Gasteiger partial charge on any atom is -0.356 e. The number of thioether (sulfide) groups is 1. The van der Waals surface area contributed by atoms with Gasteiger partial charge in [-0.1, -0.05) is 29.0 Å². The van der Waals surface area contributed by atoms with Gasteiger partial charge in [0.15, 0.2) is 0 Å². The number of urea groups is 1. The van der Waals surface area contributed by atoms with Gasteiger partial charge in [-0.2, -0.15) is 11.8 Å². The van der Waals surface area contributed by atoms with E-state index in [0.29, 0.717) is 54.4 Å². The van der Waals surface area contributed by atoms with Crippen molar-refractivity contribution in [1.82, 2.24) is 71.3 Å². The fraction of sp³-hybridized carbons (Fsp3) is 0.581. The van der Waals surface area contributed by atoms with E-state index < -0.39 is 0 Å². The summed E-state index contributed by atoms with van der Waals surface area (Å²) in [6, 6.07) is 9.67. The average molecular weight is 933 g/mol. The van der Waals surface area contributed by atoms with Gasteiger partial charge in [-0.3, -0.25) is 33.8 Å². The van der Waals surface area contributed by atoms with Crippen molar-refractivity contribution in [2.24, 2.45) is 0 Å². The van der Waals surface area contributed by atoms with Gasteiger partial charge in [0.1, 0.15) is 0 Å². The molecule has 18 nitrogen and oxygen atoms in total. The van der Waals surface area contributed by atoms with Crippen molar-refractivity contribution in [3.8, 4) is 5.69 Å². The molecule has 3 saturated heterocycles. The number of rotatable bonds is 15. The molecule has 3 atom stereocenters. The molecule has 2 aromatic heterocycles. The Balaban J connectivity index is 0.00000595. The Morgan fingerprint density at radius 1 is 0.825 bits per heavy atom. The molecule has 0 bridgehead atoms. The third kappa shape index (κ3) is 11.6. The molecule has 5 amide bonds. The summed E-state index contributed by atoms with van der Waals surface area (Å²) in [5.41, 5.74) is 3.67. The molecule has 343 valence electrons. The zero-order valence-electron chi connectivity index (χ0n) is 36.0. The summed E-state index contributed by atoms with van der Waals surface area (Å²) in [6.07, 6.45) is 10.2. The van der Waals surface area contributed by atoms with Crippen molar-refractivity contribution in [2.45, 2.75) is 88.8 Å². The van der Waals surface area contributed by atoms with Gasteiger partial charge in [0.2, 0.25) is 5.91 Å². The molecule has 1 radical (unpaired) electrons. The first kappa shape index (κ1) is 46.6. The van der Waals surface area contributed by atoms with Crippen LogP contribution in [0.15, 0.2) is 42.7 Å². The van der Waals surface area contributed by atoms with E-state index in [-0.39, 0.29) is 52.9 Å². The summed E-state index contributed by atoms with van der Waals surface area (Å²) in [5, 5.41) is 36.1. The molecule has 8 rings (SSSR count). The van der Waals surface area contributed by atoms with Crippen LogP contribution in [0.1, 0.15) is 84.0 Å². The fourth-order valence-electron chi connectivity index (χ4n) is 9.04. The van der Waals surface area contributed by atoms with Gasteiger partial charge in [-0.15, -0.1) is 10.2 Å². The zero-order chi connectivity index (χ0) is 42.8. The number of amides is 5. The second kappa shape index (κ2) is 22.5. The molecular formula is C43H60CuN14O4S. The summed E-state index contributed by atoms with van der Waals surface area (Å²) in [6.45, 7) is 12.1. The first-order valence-electron chi connectivity index (χ1n) is 22.4. The van der Waals surface area contributed by atoms with Crippen LogP contribution >= 0.6 is 11.8 Å². The summed E-state index contributed by atoms with van der Waals surface area (Å²) in [5.74, 6) is 0.522. The SMILES string of the molecule is CCN1C(=O)c2cccc3c(-n4cc(CN5CCCNCCN(Cc6cn(CCCNC(=O)CCCC[C@@H]7SC[C@@H]8NC(=O)N[C@@H]87)nn6)CCCNCC5)nn4)ccc(c23)C1=O.[Cu]. The second-order valence-corrected chi connectivity index (χ2v) is 17.9. The molecule has 0 spiro atoms. The number of carbonyl (C=O) groups is 4. The summed E-state index contributed by atoms with van der Waals surface area (Å²) >= 11 is 1.92. The molecule has 0 unspecified atom stereocenters. The maximum atomic E-state index is 13.1. The number of fused-ring (bicyclic) bond motifs is 1. The van der Waals surface area contributed by atoms with Crippen LogP contribution < -0.4 is 26.6 Å². The Hall–Kier alpha value is -4.43. The molecule has 20 heteroatoms. The van der Waals surface area contributed by atoms with E-state index >= 15 is 0 Å². The summed E-state index contributed by atoms with van der Waals surface area (Å²) in [4.78, 5) is 56.4. The smallest absolute Gasteiger partial charge is 0.315 e. The zero-order valence-corrected chi connectivity index (χ0v) is 37.7. The third-order valence-electron chi connectivity index (χ3n) is 12.3. The Kier molecular flexibility index (Phi) is 16.6. The van der Waals surface area contributed by atoms with E-state index in [1.807, 2.05) is 54.0 Å². The maximum absolute atomic E-state index is 13.1. The van der Waals surface area contributed by atoms with Crippen LogP contribution in [0.25, 0.3) is 16.5 Å². The number of nitrogens with one attached hydrogen (secondary N) is 5. The molecule has 63 heavy (non-hydrogen) atoms. The number of nitrogens with zero attached hydrogens (tertiary/aromatic N) is 9. The molecule has 3 fully saturated rings. The summed E-state index contributed by atoms with van der Waals surface area (Å²) < 4.78 is 3.63. The van der Waals surface area contributed by atoms with Gasteiger partial charge in [0.25, 0.3) is 11.8 Å². The van der Waals surface area contributed by atoms with Crippen molar-refractivity contribution in [2.75, 3.05) is 71.2 Å². The fourth-order valence-corrected chi connectivity index (χ4v) is 10.6. The number of carbonyl (C=O) groups excluding carboxylic acids is 4. The topological polar surface area (TPSA) is 200 Å². The van der Waals surface area contributed by atoms with Crippen molar-refractivity contribution in [3.05, 3.63) is 65.2 Å². The van der Waals surface area contributed by atoms with E-state index in [1.54, 1.807) is 16.8 Å². The van der Waals surface area contributed by atoms with Crippen LogP contribution in [-0.4, -0.2) is 157 Å². The van der Waals surface area contributed by atoms with Crippen molar-refractivity contribution in [1.29, 1.82) is 0 Å². The van der Waals surface area contributed by atoms with Crippen LogP contribution in [0, 0.1) is 0 Å². The molecule has 5 N–H and O–H groups in total. The number of hydrogen-bond donors (Lipinski definition) is 5. The predicted octanol–water partition coefficient (Wildman–Crippen LogP) is 2.13. The van der Waals surface area contributed by atoms with Gasteiger partial charge in [-0.25, -0.2) is 9.48 Å². The molecular weight excluding hydrogens is 872 g/mol. The largest absolute Gasteiger partial charge is 0.356 e. The van der Waals surface area contributed by atoms with Crippen LogP contribution in [0.2, 0.25) is 0 Å². The van der Waals surface area contributed by atoms with Crippen LogP contribution in [0.5, 0.6) is 0 Å². The van der Waals surface area contributed by atoms with Gasteiger partial charge < -0.3 is 26.6 Å². The van der Waals surface area contributed by atoms with E-state index in [4.69, 9.17) is 0 Å². The number of aryl methyl sites for hydroxylation is 1. The Morgan fingerprint density at radius 3 is 2.29 bits per heavy atom. The minimum absolute atomic E-state index is 0. The quantitative estimate of drug-likeness (QED) is 0.0504. The third-order valence-corrected chi connectivity index (χ3v) is 13.8. The maximum Gasteiger partial charge on any atom is 0.315 e. The second-order valence-electron chi connectivity index (χ2n) is 16.7. The Morgan fingerprint density at radius 2 is 1.54 bits per heavy atom. The van der Waals surface area contributed by atoms with Crippen molar-refractivity contribution >= 4 is 46.3 Å².